The minimum absolute atomic E-state index is 0.195. The van der Waals surface area contributed by atoms with Crippen LogP contribution < -0.4 is 5.73 Å². The second-order valence-electron chi connectivity index (χ2n) is 4.48. The van der Waals surface area contributed by atoms with E-state index in [4.69, 9.17) is 5.73 Å². The van der Waals surface area contributed by atoms with Crippen LogP contribution >= 0.6 is 0 Å². The number of halogens is 1. The van der Waals surface area contributed by atoms with Crippen LogP contribution in [0.3, 0.4) is 0 Å². The lowest BCUT2D eigenvalue weighted by Gasteiger charge is -2.03. The first-order valence-electron chi connectivity index (χ1n) is 5.73. The number of pyridine rings is 1. The van der Waals surface area contributed by atoms with Crippen LogP contribution in [0.2, 0.25) is 0 Å². The third kappa shape index (κ3) is 1.94. The molecule has 0 saturated heterocycles. The van der Waals surface area contributed by atoms with Crippen molar-refractivity contribution >= 4 is 0 Å². The topological polar surface area (TPSA) is 38.9 Å². The van der Waals surface area contributed by atoms with E-state index in [9.17, 15) is 4.39 Å². The van der Waals surface area contributed by atoms with Crippen molar-refractivity contribution in [2.75, 3.05) is 0 Å². The molecule has 2 aromatic rings. The fraction of sp³-hybridized carbons (Fsp3) is 0.214. The van der Waals surface area contributed by atoms with Gasteiger partial charge in [-0.15, -0.1) is 0 Å². The van der Waals surface area contributed by atoms with E-state index in [2.05, 4.69) is 11.1 Å². The number of hydrogen-bond donors (Lipinski definition) is 1. The summed E-state index contributed by atoms with van der Waals surface area (Å²) in [5.41, 5.74) is 10.1. The monoisotopic (exact) mass is 228 g/mol. The number of aromatic nitrogens is 1. The summed E-state index contributed by atoms with van der Waals surface area (Å²) in [6, 6.07) is 10.7. The first-order valence-corrected chi connectivity index (χ1v) is 5.73. The minimum atomic E-state index is -0.225. The number of benzene rings is 1. The van der Waals surface area contributed by atoms with Crippen molar-refractivity contribution in [2.24, 2.45) is 5.73 Å². The summed E-state index contributed by atoms with van der Waals surface area (Å²) in [5.74, 6) is -0.225. The average Bonchev–Trinajstić information content (AvgIpc) is 2.69. The van der Waals surface area contributed by atoms with Gasteiger partial charge in [0.25, 0.3) is 0 Å². The minimum Gasteiger partial charge on any atom is -0.327 e. The van der Waals surface area contributed by atoms with Gasteiger partial charge >= 0.3 is 0 Å². The molecule has 1 unspecified atom stereocenters. The maximum Gasteiger partial charge on any atom is 0.123 e. The van der Waals surface area contributed by atoms with Crippen molar-refractivity contribution in [3.63, 3.8) is 0 Å². The van der Waals surface area contributed by atoms with Crippen molar-refractivity contribution in [3.05, 3.63) is 53.5 Å². The summed E-state index contributed by atoms with van der Waals surface area (Å²) in [4.78, 5) is 4.60. The fourth-order valence-corrected chi connectivity index (χ4v) is 2.28. The van der Waals surface area contributed by atoms with Crippen molar-refractivity contribution in [1.29, 1.82) is 0 Å². The SMILES string of the molecule is NC1Cc2ccc(-c3ccc(F)cc3)nc2C1. The highest BCUT2D eigenvalue weighted by molar-refractivity contribution is 5.59. The summed E-state index contributed by atoms with van der Waals surface area (Å²) in [5, 5.41) is 0. The maximum absolute atomic E-state index is 12.8. The number of nitrogens with zero attached hydrogens (tertiary/aromatic N) is 1. The van der Waals surface area contributed by atoms with Crippen LogP contribution in [0.15, 0.2) is 36.4 Å². The molecule has 86 valence electrons. The van der Waals surface area contributed by atoms with E-state index >= 15 is 0 Å². The summed E-state index contributed by atoms with van der Waals surface area (Å²) in [6.07, 6.45) is 1.75. The van der Waals surface area contributed by atoms with Crippen LogP contribution in [0.5, 0.6) is 0 Å². The molecular formula is C14H13FN2. The van der Waals surface area contributed by atoms with Crippen LogP contribution in [0.1, 0.15) is 11.3 Å². The van der Waals surface area contributed by atoms with Gasteiger partial charge in [-0.05, 0) is 42.3 Å². The summed E-state index contributed by atoms with van der Waals surface area (Å²) in [7, 11) is 0. The zero-order valence-electron chi connectivity index (χ0n) is 9.36. The smallest absolute Gasteiger partial charge is 0.123 e. The van der Waals surface area contributed by atoms with Crippen LogP contribution in [-0.2, 0) is 12.8 Å². The molecule has 1 heterocycles. The van der Waals surface area contributed by atoms with E-state index < -0.39 is 0 Å². The standard InChI is InChI=1S/C14H13FN2/c15-11-4-1-9(2-5-11)13-6-3-10-7-12(16)8-14(10)17-13/h1-6,12H,7-8,16H2. The predicted octanol–water partition coefficient (Wildman–Crippen LogP) is 2.31. The Bertz CT molecular complexity index is 549. The Balaban J connectivity index is 2.00. The number of rotatable bonds is 1. The second kappa shape index (κ2) is 3.93. The Kier molecular flexibility index (Phi) is 2.41. The molecule has 17 heavy (non-hydrogen) atoms. The van der Waals surface area contributed by atoms with E-state index in [0.29, 0.717) is 0 Å². The Morgan fingerprint density at radius 3 is 2.59 bits per heavy atom. The third-order valence-corrected chi connectivity index (χ3v) is 3.15. The number of hydrogen-bond acceptors (Lipinski definition) is 2. The van der Waals surface area contributed by atoms with Crippen LogP contribution in [0.25, 0.3) is 11.3 Å². The lowest BCUT2D eigenvalue weighted by atomic mass is 10.1. The molecule has 3 heteroatoms. The second-order valence-corrected chi connectivity index (χ2v) is 4.48. The Labute approximate surface area is 99.3 Å². The van der Waals surface area contributed by atoms with Gasteiger partial charge in [-0.3, -0.25) is 4.98 Å². The van der Waals surface area contributed by atoms with Crippen molar-refractivity contribution < 1.29 is 4.39 Å². The van der Waals surface area contributed by atoms with Crippen molar-refractivity contribution in [1.82, 2.24) is 4.98 Å². The largest absolute Gasteiger partial charge is 0.327 e. The van der Waals surface area contributed by atoms with Crippen molar-refractivity contribution in [2.45, 2.75) is 18.9 Å². The van der Waals surface area contributed by atoms with Gasteiger partial charge in [0.1, 0.15) is 5.82 Å². The van der Waals surface area contributed by atoms with Gasteiger partial charge in [0.15, 0.2) is 0 Å². The van der Waals surface area contributed by atoms with Gasteiger partial charge in [0.05, 0.1) is 5.69 Å². The average molecular weight is 228 g/mol. The molecule has 1 aliphatic carbocycles. The van der Waals surface area contributed by atoms with Crippen LogP contribution in [0.4, 0.5) is 4.39 Å². The van der Waals surface area contributed by atoms with E-state index in [-0.39, 0.29) is 11.9 Å². The van der Waals surface area contributed by atoms with Gasteiger partial charge in [-0.25, -0.2) is 4.39 Å². The van der Waals surface area contributed by atoms with E-state index in [1.807, 2.05) is 6.07 Å². The molecule has 0 saturated carbocycles. The van der Waals surface area contributed by atoms with Gasteiger partial charge < -0.3 is 5.73 Å². The van der Waals surface area contributed by atoms with Crippen LogP contribution in [0, 0.1) is 5.82 Å². The molecule has 0 spiro atoms. The summed E-state index contributed by atoms with van der Waals surface area (Å²) >= 11 is 0. The van der Waals surface area contributed by atoms with Gasteiger partial charge in [-0.2, -0.15) is 0 Å². The highest BCUT2D eigenvalue weighted by Gasteiger charge is 2.19. The quantitative estimate of drug-likeness (QED) is 0.813. The predicted molar refractivity (Wildman–Crippen MR) is 65.0 cm³/mol. The molecular weight excluding hydrogens is 215 g/mol. The zero-order chi connectivity index (χ0) is 11.8. The molecule has 2 nitrogen and oxygen atoms in total. The molecule has 0 bridgehead atoms. The molecule has 1 aliphatic rings. The van der Waals surface area contributed by atoms with E-state index in [1.165, 1.54) is 17.7 Å². The van der Waals surface area contributed by atoms with Crippen LogP contribution in [-0.4, -0.2) is 11.0 Å². The summed E-state index contributed by atoms with van der Waals surface area (Å²) < 4.78 is 12.8. The fourth-order valence-electron chi connectivity index (χ4n) is 2.28. The molecule has 0 fully saturated rings. The Hall–Kier alpha value is -1.74. The molecule has 0 aliphatic heterocycles. The highest BCUT2D eigenvalue weighted by atomic mass is 19.1. The lowest BCUT2D eigenvalue weighted by Crippen LogP contribution is -2.19. The maximum atomic E-state index is 12.8. The Morgan fingerprint density at radius 1 is 1.06 bits per heavy atom. The van der Waals surface area contributed by atoms with E-state index in [1.54, 1.807) is 12.1 Å². The van der Waals surface area contributed by atoms with E-state index in [0.717, 1.165) is 29.8 Å². The van der Waals surface area contributed by atoms with Gasteiger partial charge in [0.2, 0.25) is 0 Å². The third-order valence-electron chi connectivity index (χ3n) is 3.15. The first-order chi connectivity index (χ1) is 8.22. The highest BCUT2D eigenvalue weighted by Crippen LogP contribution is 2.24. The van der Waals surface area contributed by atoms with Gasteiger partial charge in [-0.1, -0.05) is 6.07 Å². The molecule has 1 aromatic carbocycles. The molecule has 1 aromatic heterocycles. The Morgan fingerprint density at radius 2 is 1.82 bits per heavy atom. The number of fused-ring (bicyclic) bond motifs is 1. The molecule has 3 rings (SSSR count). The summed E-state index contributed by atoms with van der Waals surface area (Å²) in [6.45, 7) is 0. The normalized spacial score (nSPS) is 18.1. The molecule has 1 atom stereocenters. The lowest BCUT2D eigenvalue weighted by molar-refractivity contribution is 0.628. The zero-order valence-corrected chi connectivity index (χ0v) is 9.36. The molecule has 2 N–H and O–H groups in total. The first kappa shape index (κ1) is 10.4. The van der Waals surface area contributed by atoms with Crippen molar-refractivity contribution in [3.8, 4) is 11.3 Å². The number of nitrogens with two attached hydrogens (primary N) is 1. The molecule has 0 amide bonds. The van der Waals surface area contributed by atoms with Gasteiger partial charge in [0, 0.05) is 23.7 Å². The molecule has 0 radical (unpaired) electrons.